The van der Waals surface area contributed by atoms with Crippen molar-refractivity contribution >= 4 is 16.9 Å². The number of likely N-dealkylation sites (tertiary alicyclic amines) is 1. The molecular weight excluding hydrogens is 332 g/mol. The fourth-order valence-electron chi connectivity index (χ4n) is 3.32. The van der Waals surface area contributed by atoms with Crippen molar-refractivity contribution in [2.24, 2.45) is 7.05 Å². The van der Waals surface area contributed by atoms with E-state index in [-0.39, 0.29) is 23.8 Å². The lowest BCUT2D eigenvalue weighted by Gasteiger charge is -2.23. The van der Waals surface area contributed by atoms with Crippen LogP contribution in [-0.2, 0) is 7.05 Å². The smallest absolute Gasteiger partial charge is 0.291 e. The predicted octanol–water partition coefficient (Wildman–Crippen LogP) is 0.719. The molecule has 26 heavy (non-hydrogen) atoms. The van der Waals surface area contributed by atoms with Gasteiger partial charge < -0.3 is 9.88 Å². The zero-order chi connectivity index (χ0) is 18.1. The van der Waals surface area contributed by atoms with Crippen LogP contribution in [0, 0.1) is 0 Å². The second-order valence-corrected chi connectivity index (χ2v) is 6.55. The molecule has 1 amide bonds. The standard InChI is InChI=1S/C17H20N8O/c1-11(16-23-18-10-24(16)2)25-8-7-12(9-25)19-17(26)15-20-13-5-3-4-6-14(13)21-22-15/h3-6,10-12H,7-9H2,1-2H3,(H,19,26). The Morgan fingerprint density at radius 2 is 2.04 bits per heavy atom. The van der Waals surface area contributed by atoms with Gasteiger partial charge in [0, 0.05) is 26.2 Å². The molecule has 2 unspecified atom stereocenters. The molecule has 2 atom stereocenters. The van der Waals surface area contributed by atoms with Crippen molar-refractivity contribution in [1.82, 2.24) is 40.2 Å². The van der Waals surface area contributed by atoms with E-state index in [1.54, 1.807) is 6.33 Å². The van der Waals surface area contributed by atoms with Gasteiger partial charge in [0.15, 0.2) is 0 Å². The lowest BCUT2D eigenvalue weighted by Crippen LogP contribution is -2.38. The number of nitrogens with zero attached hydrogens (tertiary/aromatic N) is 7. The Balaban J connectivity index is 1.41. The zero-order valence-corrected chi connectivity index (χ0v) is 14.7. The molecule has 1 aliphatic heterocycles. The van der Waals surface area contributed by atoms with E-state index in [2.05, 4.69) is 42.5 Å². The summed E-state index contributed by atoms with van der Waals surface area (Å²) in [6.45, 7) is 3.74. The number of amides is 1. The van der Waals surface area contributed by atoms with E-state index in [0.29, 0.717) is 11.0 Å². The normalized spacial score (nSPS) is 18.9. The van der Waals surface area contributed by atoms with Gasteiger partial charge in [0.25, 0.3) is 5.91 Å². The Kier molecular flexibility index (Phi) is 4.29. The molecule has 0 aliphatic carbocycles. The Morgan fingerprint density at radius 1 is 1.23 bits per heavy atom. The van der Waals surface area contributed by atoms with E-state index >= 15 is 0 Å². The maximum Gasteiger partial charge on any atom is 0.291 e. The van der Waals surface area contributed by atoms with Gasteiger partial charge in [0.1, 0.15) is 17.7 Å². The van der Waals surface area contributed by atoms with Crippen LogP contribution in [0.15, 0.2) is 30.6 Å². The molecule has 1 aliphatic rings. The van der Waals surface area contributed by atoms with Crippen LogP contribution >= 0.6 is 0 Å². The first-order chi connectivity index (χ1) is 12.6. The summed E-state index contributed by atoms with van der Waals surface area (Å²) in [5, 5.41) is 19.1. The van der Waals surface area contributed by atoms with Crippen LogP contribution in [0.5, 0.6) is 0 Å². The van der Waals surface area contributed by atoms with Gasteiger partial charge in [0.05, 0.1) is 11.6 Å². The molecule has 1 aromatic carbocycles. The van der Waals surface area contributed by atoms with Crippen LogP contribution in [0.3, 0.4) is 0 Å². The third kappa shape index (κ3) is 3.13. The number of aryl methyl sites for hydroxylation is 1. The SMILES string of the molecule is CC(c1nncn1C)N1CCC(NC(=O)c2nnc3ccccc3n2)C1. The van der Waals surface area contributed by atoms with E-state index in [0.717, 1.165) is 25.3 Å². The lowest BCUT2D eigenvalue weighted by atomic mass is 10.2. The maximum absolute atomic E-state index is 12.5. The van der Waals surface area contributed by atoms with Crippen molar-refractivity contribution < 1.29 is 4.79 Å². The monoisotopic (exact) mass is 352 g/mol. The average molecular weight is 352 g/mol. The number of carbonyl (C=O) groups excluding carboxylic acids is 1. The molecule has 1 saturated heterocycles. The highest BCUT2D eigenvalue weighted by molar-refractivity contribution is 5.92. The van der Waals surface area contributed by atoms with Gasteiger partial charge in [-0.15, -0.1) is 20.4 Å². The number of para-hydroxylation sites is 1. The average Bonchev–Trinajstić information content (AvgIpc) is 3.29. The Morgan fingerprint density at radius 3 is 2.81 bits per heavy atom. The Hall–Kier alpha value is -2.94. The van der Waals surface area contributed by atoms with Crippen LogP contribution in [-0.4, -0.2) is 59.9 Å². The first kappa shape index (κ1) is 16.5. The summed E-state index contributed by atoms with van der Waals surface area (Å²) in [7, 11) is 1.94. The number of carbonyl (C=O) groups is 1. The van der Waals surface area contributed by atoms with E-state index in [1.807, 2.05) is 35.9 Å². The molecular formula is C17H20N8O. The second kappa shape index (κ2) is 6.75. The summed E-state index contributed by atoms with van der Waals surface area (Å²) in [6, 6.07) is 7.56. The van der Waals surface area contributed by atoms with Gasteiger partial charge in [-0.05, 0) is 25.5 Å². The first-order valence-corrected chi connectivity index (χ1v) is 8.60. The molecule has 2 aromatic heterocycles. The van der Waals surface area contributed by atoms with Gasteiger partial charge in [-0.1, -0.05) is 12.1 Å². The molecule has 0 radical (unpaired) electrons. The minimum Gasteiger partial charge on any atom is -0.345 e. The number of hydrogen-bond donors (Lipinski definition) is 1. The van der Waals surface area contributed by atoms with Crippen LogP contribution in [0.1, 0.15) is 35.8 Å². The van der Waals surface area contributed by atoms with E-state index in [9.17, 15) is 4.79 Å². The van der Waals surface area contributed by atoms with Gasteiger partial charge in [0.2, 0.25) is 5.82 Å². The zero-order valence-electron chi connectivity index (χ0n) is 14.7. The summed E-state index contributed by atoms with van der Waals surface area (Å²) < 4.78 is 1.92. The van der Waals surface area contributed by atoms with Crippen LogP contribution < -0.4 is 5.32 Å². The minimum atomic E-state index is -0.290. The molecule has 0 saturated carbocycles. The number of rotatable bonds is 4. The fraction of sp³-hybridized carbons (Fsp3) is 0.412. The summed E-state index contributed by atoms with van der Waals surface area (Å²) in [5.41, 5.74) is 1.34. The third-order valence-electron chi connectivity index (χ3n) is 4.79. The molecule has 9 nitrogen and oxygen atoms in total. The molecule has 4 rings (SSSR count). The lowest BCUT2D eigenvalue weighted by molar-refractivity contribution is 0.0925. The first-order valence-electron chi connectivity index (χ1n) is 8.60. The molecule has 3 aromatic rings. The van der Waals surface area contributed by atoms with Crippen LogP contribution in [0.4, 0.5) is 0 Å². The molecule has 9 heteroatoms. The summed E-state index contributed by atoms with van der Waals surface area (Å²) in [5.74, 6) is 0.726. The molecule has 3 heterocycles. The number of fused-ring (bicyclic) bond motifs is 1. The van der Waals surface area contributed by atoms with E-state index in [1.165, 1.54) is 0 Å². The summed E-state index contributed by atoms with van der Waals surface area (Å²) >= 11 is 0. The molecule has 1 N–H and O–H groups in total. The van der Waals surface area contributed by atoms with Crippen LogP contribution in [0.2, 0.25) is 0 Å². The van der Waals surface area contributed by atoms with E-state index in [4.69, 9.17) is 0 Å². The second-order valence-electron chi connectivity index (χ2n) is 6.55. The quantitative estimate of drug-likeness (QED) is 0.738. The maximum atomic E-state index is 12.5. The summed E-state index contributed by atoms with van der Waals surface area (Å²) in [6.07, 6.45) is 2.57. The largest absolute Gasteiger partial charge is 0.345 e. The molecule has 0 spiro atoms. The number of hydrogen-bond acceptors (Lipinski definition) is 7. The molecule has 1 fully saturated rings. The van der Waals surface area contributed by atoms with Gasteiger partial charge >= 0.3 is 0 Å². The Bertz CT molecular complexity index is 939. The number of nitrogens with one attached hydrogen (secondary N) is 1. The highest BCUT2D eigenvalue weighted by atomic mass is 16.2. The minimum absolute atomic E-state index is 0.0493. The van der Waals surface area contributed by atoms with Gasteiger partial charge in [-0.2, -0.15) is 0 Å². The highest BCUT2D eigenvalue weighted by Gasteiger charge is 2.30. The van der Waals surface area contributed by atoms with E-state index < -0.39 is 0 Å². The van der Waals surface area contributed by atoms with Crippen LogP contribution in [0.25, 0.3) is 11.0 Å². The van der Waals surface area contributed by atoms with Gasteiger partial charge in [-0.25, -0.2) is 4.98 Å². The Labute approximate surface area is 150 Å². The van der Waals surface area contributed by atoms with Crippen molar-refractivity contribution in [3.63, 3.8) is 0 Å². The van der Waals surface area contributed by atoms with Crippen molar-refractivity contribution in [1.29, 1.82) is 0 Å². The molecule has 0 bridgehead atoms. The predicted molar refractivity (Wildman–Crippen MR) is 94.2 cm³/mol. The molecule has 134 valence electrons. The van der Waals surface area contributed by atoms with Crippen molar-refractivity contribution in [2.45, 2.75) is 25.4 Å². The highest BCUT2D eigenvalue weighted by Crippen LogP contribution is 2.23. The van der Waals surface area contributed by atoms with Crippen molar-refractivity contribution in [3.05, 3.63) is 42.2 Å². The number of benzene rings is 1. The third-order valence-corrected chi connectivity index (χ3v) is 4.79. The fourth-order valence-corrected chi connectivity index (χ4v) is 3.32. The topological polar surface area (TPSA) is 102 Å². The summed E-state index contributed by atoms with van der Waals surface area (Å²) in [4.78, 5) is 19.1. The van der Waals surface area contributed by atoms with Gasteiger partial charge in [-0.3, -0.25) is 9.69 Å². The van der Waals surface area contributed by atoms with Crippen molar-refractivity contribution in [2.75, 3.05) is 13.1 Å². The van der Waals surface area contributed by atoms with Crippen molar-refractivity contribution in [3.8, 4) is 0 Å². The number of aromatic nitrogens is 6.